The monoisotopic (exact) mass is 227 g/mol. The molecule has 2 amide bonds. The Morgan fingerprint density at radius 3 is 2.50 bits per heavy atom. The van der Waals surface area contributed by atoms with E-state index in [1.54, 1.807) is 0 Å². The molecule has 0 aliphatic carbocycles. The minimum atomic E-state index is 0.103. The van der Waals surface area contributed by atoms with Crippen LogP contribution in [-0.4, -0.2) is 36.6 Å². The number of rotatable bonds is 4. The Kier molecular flexibility index (Phi) is 6.23. The molecular weight excluding hydrogens is 202 g/mol. The molecule has 94 valence electrons. The first-order chi connectivity index (χ1) is 7.70. The van der Waals surface area contributed by atoms with Gasteiger partial charge in [-0.1, -0.05) is 12.8 Å². The van der Waals surface area contributed by atoms with Crippen LogP contribution in [0.5, 0.6) is 0 Å². The van der Waals surface area contributed by atoms with E-state index < -0.39 is 0 Å². The molecule has 1 unspecified atom stereocenters. The lowest BCUT2D eigenvalue weighted by Crippen LogP contribution is -2.41. The lowest BCUT2D eigenvalue weighted by molar-refractivity contribution is 0.199. The van der Waals surface area contributed by atoms with E-state index in [2.05, 4.69) is 5.32 Å². The highest BCUT2D eigenvalue weighted by Crippen LogP contribution is 2.09. The van der Waals surface area contributed by atoms with Gasteiger partial charge in [0, 0.05) is 25.7 Å². The third-order valence-corrected chi connectivity index (χ3v) is 3.01. The summed E-state index contributed by atoms with van der Waals surface area (Å²) >= 11 is 0. The normalized spacial score (nSPS) is 19.0. The van der Waals surface area contributed by atoms with Gasteiger partial charge in [-0.15, -0.1) is 0 Å². The number of hydrogen-bond acceptors (Lipinski definition) is 2. The van der Waals surface area contributed by atoms with E-state index in [1.165, 1.54) is 12.8 Å². The fraction of sp³-hybridized carbons (Fsp3) is 0.917. The summed E-state index contributed by atoms with van der Waals surface area (Å²) in [6.45, 7) is 4.58. The summed E-state index contributed by atoms with van der Waals surface area (Å²) in [6, 6.07) is 0.335. The topological polar surface area (TPSA) is 58.4 Å². The summed E-state index contributed by atoms with van der Waals surface area (Å²) in [6.07, 6.45) is 6.75. The van der Waals surface area contributed by atoms with Crippen molar-refractivity contribution in [2.75, 3.05) is 19.6 Å². The summed E-state index contributed by atoms with van der Waals surface area (Å²) < 4.78 is 0. The second-order valence-corrected chi connectivity index (χ2v) is 4.75. The first kappa shape index (κ1) is 13.3. The lowest BCUT2D eigenvalue weighted by Gasteiger charge is -2.20. The summed E-state index contributed by atoms with van der Waals surface area (Å²) in [5, 5.41) is 2.97. The zero-order chi connectivity index (χ0) is 11.8. The Morgan fingerprint density at radius 1 is 1.31 bits per heavy atom. The minimum Gasteiger partial charge on any atom is -0.338 e. The molecule has 0 bridgehead atoms. The molecule has 4 heteroatoms. The Hall–Kier alpha value is -0.770. The predicted molar refractivity (Wildman–Crippen MR) is 66.3 cm³/mol. The molecule has 0 aromatic carbocycles. The van der Waals surface area contributed by atoms with Gasteiger partial charge in [-0.05, 0) is 32.6 Å². The number of nitrogens with zero attached hydrogens (tertiary/aromatic N) is 1. The fourth-order valence-corrected chi connectivity index (χ4v) is 2.00. The Balaban J connectivity index is 2.13. The number of nitrogens with two attached hydrogens (primary N) is 1. The molecule has 1 atom stereocenters. The zero-order valence-corrected chi connectivity index (χ0v) is 10.4. The molecule has 0 radical (unpaired) electrons. The Morgan fingerprint density at radius 2 is 1.94 bits per heavy atom. The number of hydrogen-bond donors (Lipinski definition) is 2. The van der Waals surface area contributed by atoms with Gasteiger partial charge in [0.05, 0.1) is 0 Å². The Bertz CT molecular complexity index is 198. The second-order valence-electron chi connectivity index (χ2n) is 4.75. The van der Waals surface area contributed by atoms with Gasteiger partial charge < -0.3 is 16.0 Å². The third-order valence-electron chi connectivity index (χ3n) is 3.01. The summed E-state index contributed by atoms with van der Waals surface area (Å²) in [7, 11) is 0. The summed E-state index contributed by atoms with van der Waals surface area (Å²) in [4.78, 5) is 13.7. The summed E-state index contributed by atoms with van der Waals surface area (Å²) in [5.74, 6) is 0. The first-order valence-corrected chi connectivity index (χ1v) is 6.48. The van der Waals surface area contributed by atoms with Crippen LogP contribution in [0.4, 0.5) is 4.79 Å². The number of carbonyl (C=O) groups is 1. The standard InChI is InChI=1S/C12H25N3O/c1-11(13)7-6-8-14-12(16)15-9-4-2-3-5-10-15/h11H,2-10,13H2,1H3,(H,14,16). The molecule has 0 spiro atoms. The molecule has 0 aromatic heterocycles. The van der Waals surface area contributed by atoms with Crippen LogP contribution in [0.25, 0.3) is 0 Å². The van der Waals surface area contributed by atoms with E-state index in [9.17, 15) is 4.79 Å². The number of nitrogens with one attached hydrogen (secondary N) is 1. The third kappa shape index (κ3) is 5.35. The van der Waals surface area contributed by atoms with E-state index in [1.807, 2.05) is 11.8 Å². The van der Waals surface area contributed by atoms with Crippen LogP contribution in [0.15, 0.2) is 0 Å². The van der Waals surface area contributed by atoms with E-state index >= 15 is 0 Å². The highest BCUT2D eigenvalue weighted by Gasteiger charge is 2.14. The van der Waals surface area contributed by atoms with E-state index in [0.29, 0.717) is 0 Å². The van der Waals surface area contributed by atoms with Gasteiger partial charge >= 0.3 is 6.03 Å². The van der Waals surface area contributed by atoms with Crippen LogP contribution in [0.2, 0.25) is 0 Å². The maximum Gasteiger partial charge on any atom is 0.317 e. The van der Waals surface area contributed by atoms with Crippen molar-refractivity contribution in [1.82, 2.24) is 10.2 Å². The van der Waals surface area contributed by atoms with Crippen LogP contribution in [0.1, 0.15) is 45.4 Å². The molecule has 16 heavy (non-hydrogen) atoms. The fourth-order valence-electron chi connectivity index (χ4n) is 2.00. The smallest absolute Gasteiger partial charge is 0.317 e. The van der Waals surface area contributed by atoms with Gasteiger partial charge in [0.1, 0.15) is 0 Å². The van der Waals surface area contributed by atoms with Crippen LogP contribution in [0, 0.1) is 0 Å². The number of carbonyl (C=O) groups excluding carboxylic acids is 1. The van der Waals surface area contributed by atoms with Crippen LogP contribution < -0.4 is 11.1 Å². The number of amides is 2. The van der Waals surface area contributed by atoms with Crippen molar-refractivity contribution in [1.29, 1.82) is 0 Å². The molecule has 1 saturated heterocycles. The SMILES string of the molecule is CC(N)CCCNC(=O)N1CCCCCC1. The van der Waals surface area contributed by atoms with Gasteiger partial charge in [-0.25, -0.2) is 4.79 Å². The average Bonchev–Trinajstić information content (AvgIpc) is 2.52. The van der Waals surface area contributed by atoms with Crippen LogP contribution >= 0.6 is 0 Å². The van der Waals surface area contributed by atoms with Crippen molar-refractivity contribution in [3.63, 3.8) is 0 Å². The van der Waals surface area contributed by atoms with Crippen molar-refractivity contribution in [3.05, 3.63) is 0 Å². The zero-order valence-electron chi connectivity index (χ0n) is 10.4. The first-order valence-electron chi connectivity index (χ1n) is 6.48. The van der Waals surface area contributed by atoms with Crippen molar-refractivity contribution in [2.45, 2.75) is 51.5 Å². The van der Waals surface area contributed by atoms with Gasteiger partial charge in [-0.3, -0.25) is 0 Å². The molecular formula is C12H25N3O. The highest BCUT2D eigenvalue weighted by atomic mass is 16.2. The molecule has 0 saturated carbocycles. The molecule has 1 rings (SSSR count). The van der Waals surface area contributed by atoms with E-state index in [-0.39, 0.29) is 12.1 Å². The molecule has 1 aliphatic rings. The highest BCUT2D eigenvalue weighted by molar-refractivity contribution is 5.74. The van der Waals surface area contributed by atoms with Crippen molar-refractivity contribution in [2.24, 2.45) is 5.73 Å². The van der Waals surface area contributed by atoms with Gasteiger partial charge in [0.15, 0.2) is 0 Å². The van der Waals surface area contributed by atoms with Gasteiger partial charge in [0.2, 0.25) is 0 Å². The largest absolute Gasteiger partial charge is 0.338 e. The minimum absolute atomic E-state index is 0.103. The van der Waals surface area contributed by atoms with Crippen LogP contribution in [0.3, 0.4) is 0 Å². The van der Waals surface area contributed by atoms with E-state index in [4.69, 9.17) is 5.73 Å². The molecule has 4 nitrogen and oxygen atoms in total. The van der Waals surface area contributed by atoms with Gasteiger partial charge in [-0.2, -0.15) is 0 Å². The maximum absolute atomic E-state index is 11.8. The molecule has 1 heterocycles. The predicted octanol–water partition coefficient (Wildman–Crippen LogP) is 1.70. The van der Waals surface area contributed by atoms with Crippen molar-refractivity contribution >= 4 is 6.03 Å². The van der Waals surface area contributed by atoms with E-state index in [0.717, 1.165) is 45.3 Å². The molecule has 1 fully saturated rings. The second kappa shape index (κ2) is 7.49. The Labute approximate surface area is 98.6 Å². The molecule has 0 aromatic rings. The molecule has 1 aliphatic heterocycles. The lowest BCUT2D eigenvalue weighted by atomic mass is 10.2. The maximum atomic E-state index is 11.8. The number of likely N-dealkylation sites (tertiary alicyclic amines) is 1. The van der Waals surface area contributed by atoms with Crippen molar-refractivity contribution < 1.29 is 4.79 Å². The average molecular weight is 227 g/mol. The van der Waals surface area contributed by atoms with Crippen molar-refractivity contribution in [3.8, 4) is 0 Å². The van der Waals surface area contributed by atoms with Crippen LogP contribution in [-0.2, 0) is 0 Å². The molecule has 3 N–H and O–H groups in total. The quantitative estimate of drug-likeness (QED) is 0.718. The van der Waals surface area contributed by atoms with Gasteiger partial charge in [0.25, 0.3) is 0 Å². The summed E-state index contributed by atoms with van der Waals surface area (Å²) in [5.41, 5.74) is 5.65. The number of urea groups is 1.